The van der Waals surface area contributed by atoms with E-state index < -0.39 is 439 Å². The summed E-state index contributed by atoms with van der Waals surface area (Å²) in [5, 5.41) is 334. The molecule has 55 atom stereocenters. The molecule has 0 unspecified atom stereocenters. The first-order valence-electron chi connectivity index (χ1n) is 44.5. The third-order valence-electron chi connectivity index (χ3n) is 25.3. The van der Waals surface area contributed by atoms with E-state index in [2.05, 4.69) is 31.9 Å². The van der Waals surface area contributed by atoms with Crippen LogP contribution in [0.3, 0.4) is 0 Å². The Morgan fingerprint density at radius 1 is 0.201 bits per heavy atom. The first-order valence-corrected chi connectivity index (χ1v) is 44.5. The summed E-state index contributed by atoms with van der Waals surface area (Å²) < 4.78 is 128. The Kier molecular flexibility index (Phi) is 41.1. The van der Waals surface area contributed by atoms with Crippen molar-refractivity contribution < 1.29 is 271 Å². The van der Waals surface area contributed by atoms with Crippen LogP contribution in [-0.4, -0.2) is 582 Å². The lowest BCUT2D eigenvalue weighted by Gasteiger charge is -2.52. The number of hydrogen-bond donors (Lipinski definition) is 34. The van der Waals surface area contributed by atoms with Gasteiger partial charge in [0.15, 0.2) is 69.2 Å². The molecule has 0 aromatic carbocycles. The fraction of sp³-hybridized carbons (Fsp3) is 0.923. The van der Waals surface area contributed by atoms with E-state index in [-0.39, 0.29) is 0 Å². The maximum absolute atomic E-state index is 13.6. The van der Waals surface area contributed by atoms with Crippen LogP contribution in [0, 0.1) is 0 Å². The van der Waals surface area contributed by atoms with Gasteiger partial charge in [-0.3, -0.25) is 28.8 Å². The summed E-state index contributed by atoms with van der Waals surface area (Å²) in [4.78, 5) is 77.4. The molecule has 0 saturated carbocycles. The largest absolute Gasteiger partial charge is 0.394 e. The minimum atomic E-state index is -2.77. The van der Waals surface area contributed by atoms with Gasteiger partial charge in [0.2, 0.25) is 35.4 Å². The van der Waals surface area contributed by atoms with Crippen molar-refractivity contribution in [3.05, 3.63) is 0 Å². The third-order valence-corrected chi connectivity index (χ3v) is 25.3. The first kappa shape index (κ1) is 114. The molecule has 139 heavy (non-hydrogen) atoms. The highest BCUT2D eigenvalue weighted by atomic mass is 16.8. The lowest BCUT2D eigenvalue weighted by molar-refractivity contribution is -0.407. The van der Waals surface area contributed by atoms with Crippen LogP contribution >= 0.6 is 0 Å². The fourth-order valence-electron chi connectivity index (χ4n) is 18.1. The van der Waals surface area contributed by atoms with Crippen molar-refractivity contribution >= 4 is 35.4 Å². The molecule has 11 rings (SSSR count). The van der Waals surface area contributed by atoms with Gasteiger partial charge in [0.05, 0.1) is 72.2 Å². The topological polar surface area (TPSA) is 935 Å². The number of ether oxygens (including phenoxy) is 21. The molecule has 11 fully saturated rings. The molecule has 6 amide bonds. The van der Waals surface area contributed by atoms with E-state index in [0.717, 1.165) is 41.5 Å². The van der Waals surface area contributed by atoms with E-state index in [1.54, 1.807) is 0 Å². The second-order valence-corrected chi connectivity index (χ2v) is 35.3. The molecule has 0 aliphatic carbocycles. The van der Waals surface area contributed by atoms with Crippen LogP contribution in [0.1, 0.15) is 48.5 Å². The van der Waals surface area contributed by atoms with E-state index in [4.69, 9.17) is 99.5 Å². The highest BCUT2D eigenvalue weighted by Gasteiger charge is 2.63. The van der Waals surface area contributed by atoms with Crippen LogP contribution in [0.2, 0.25) is 0 Å². The lowest BCUT2D eigenvalue weighted by Crippen LogP contribution is -2.71. The number of aliphatic hydroxyl groups is 28. The Morgan fingerprint density at radius 3 is 0.849 bits per heavy atom. The molecule has 61 heteroatoms. The fourth-order valence-corrected chi connectivity index (χ4v) is 18.1. The van der Waals surface area contributed by atoms with Crippen molar-refractivity contribution in [3.8, 4) is 0 Å². The second-order valence-electron chi connectivity index (χ2n) is 35.3. The SMILES string of the molecule is CC(=O)N[C@@H]1[C@H](O[C@@H]2[C@@H](O[C@@H]3[C@H](O)[C@H](O[C@H]4[C@H](O)[C@@H](NC(C)=O)[C@H](O[C@H]5[C@H](O)[C@@H](NC(C)=O)[C@H](O)O[C@@H]5CO)O[C@@H]4CO)O[C@H](CO[C@H]4O[C@H](CO[C@@H]5O[C@H](CO)[C@@H](O)[C@H](O)[C@H]5NC(C)=O)[C@@H](O)[C@H](O)[C@@H]4O[C@@H]4O[C@H](CO)[C@@H](O)[C@H](O)[C@H]4NC(C)=O)[C@H]3O)O[C@H](CO)[C@@H](O[C@@H]3O[C@H](CO)[C@@H](O)[C@H](O)[C@H]3NC(C)=O)[C@@H]2O)O[C@H](CO)[C@@H](O[C@@H]2O[C@H](CO)[C@H](O)[C@H](O)[C@H]2O[C@@H]2O[C@@H](C)[C@@H](O)[C@@H](O)[C@@H]2O)[C@@H]1O. The molecular weight excluding hydrogens is 1900 g/mol. The average molecular weight is 2030 g/mol. The quantitative estimate of drug-likeness (QED) is 0.0277. The van der Waals surface area contributed by atoms with Crippen molar-refractivity contribution in [1.82, 2.24) is 31.9 Å². The number of nitrogens with one attached hydrogen (secondary N) is 6. The Morgan fingerprint density at radius 2 is 0.446 bits per heavy atom. The van der Waals surface area contributed by atoms with E-state index in [1.165, 1.54) is 6.92 Å². The van der Waals surface area contributed by atoms with Crippen LogP contribution in [0.5, 0.6) is 0 Å². The molecule has 0 aromatic rings. The van der Waals surface area contributed by atoms with Gasteiger partial charge in [-0.2, -0.15) is 0 Å². The van der Waals surface area contributed by atoms with Crippen molar-refractivity contribution in [2.45, 2.75) is 386 Å². The van der Waals surface area contributed by atoms with E-state index >= 15 is 0 Å². The summed E-state index contributed by atoms with van der Waals surface area (Å²) in [6.07, 6.45) is -106. The zero-order chi connectivity index (χ0) is 102. The van der Waals surface area contributed by atoms with Crippen LogP contribution in [0.15, 0.2) is 0 Å². The van der Waals surface area contributed by atoms with E-state index in [0.29, 0.717) is 0 Å². The van der Waals surface area contributed by atoms with Gasteiger partial charge in [-0.1, -0.05) is 0 Å². The normalized spacial score (nSPS) is 48.3. The second kappa shape index (κ2) is 50.0. The number of amides is 6. The number of carbonyl (C=O) groups excluding carboxylic acids is 6. The Labute approximate surface area is 788 Å². The number of rotatable bonds is 36. The van der Waals surface area contributed by atoms with Crippen molar-refractivity contribution in [1.29, 1.82) is 0 Å². The average Bonchev–Trinajstić information content (AvgIpc) is 0.754. The Balaban J connectivity index is 1.01. The molecule has 34 N–H and O–H groups in total. The lowest BCUT2D eigenvalue weighted by atomic mass is 9.93. The minimum Gasteiger partial charge on any atom is -0.394 e. The maximum atomic E-state index is 13.6. The first-order chi connectivity index (χ1) is 65.7. The number of carbonyl (C=O) groups is 6. The van der Waals surface area contributed by atoms with Gasteiger partial charge < -0.3 is 274 Å². The Bertz CT molecular complexity index is 3900. The van der Waals surface area contributed by atoms with Crippen LogP contribution in [0.4, 0.5) is 0 Å². The van der Waals surface area contributed by atoms with Crippen molar-refractivity contribution in [3.63, 3.8) is 0 Å². The van der Waals surface area contributed by atoms with Gasteiger partial charge in [0, 0.05) is 41.5 Å². The van der Waals surface area contributed by atoms with Gasteiger partial charge >= 0.3 is 0 Å². The van der Waals surface area contributed by atoms with Gasteiger partial charge in [-0.15, -0.1) is 0 Å². The van der Waals surface area contributed by atoms with Crippen molar-refractivity contribution in [2.75, 3.05) is 66.1 Å². The maximum Gasteiger partial charge on any atom is 0.217 e. The molecular formula is C78H130N6O55. The van der Waals surface area contributed by atoms with Gasteiger partial charge in [-0.05, 0) is 6.92 Å². The summed E-state index contributed by atoms with van der Waals surface area (Å²) in [5.74, 6) is -5.65. The summed E-state index contributed by atoms with van der Waals surface area (Å²) in [7, 11) is 0. The molecule has 0 bridgehead atoms. The predicted octanol–water partition coefficient (Wildman–Crippen LogP) is -23.1. The smallest absolute Gasteiger partial charge is 0.217 e. The van der Waals surface area contributed by atoms with E-state index in [9.17, 15) is 172 Å². The van der Waals surface area contributed by atoms with Crippen LogP contribution < -0.4 is 31.9 Å². The molecule has 11 saturated heterocycles. The van der Waals surface area contributed by atoms with Crippen LogP contribution in [-0.2, 0) is 128 Å². The highest BCUT2D eigenvalue weighted by molar-refractivity contribution is 5.75. The number of aliphatic hydroxyl groups excluding tert-OH is 28. The Hall–Kier alpha value is -5.14. The minimum absolute atomic E-state index is 0.832. The molecule has 11 aliphatic rings. The molecule has 0 spiro atoms. The van der Waals surface area contributed by atoms with Gasteiger partial charge in [0.25, 0.3) is 0 Å². The standard InChI is InChI=1S/C78H130N6O55/c1-18-41(99)54(112)57(115)74(121-18)139-66-55(113)45(103)28(11-88)126-77(66)135-62-31(14-91)128-73(40(53(62)111)84-24(7)98)138-67-58(116)63(133-70-37(81-21(4)95)49(107)43(101)26(9-86)124-70)32(15-92)129-78(67)136-64-47(105)34(130-75(59(64)117)134-61-30(13-90)127-72(39(52(61)110)83-23(6)97)132-60-29(12-89)122-68(118)35(51(60)109)79-19(2)93)17-120-76-65(137-71-38(82-22(5)96)50(108)44(102)27(10-87)125-71)56(114)46(104)33(131-76)16-119-69-36(80-20(3)94)48(106)42(100)25(8-85)123-69/h18,25-78,85-92,99-118H,8-17H2,1-7H3,(H,79,93)(H,80,94)(H,81,95)(H,82,96)(H,83,97)(H,84,98)/t18-,25+,26+,27+,28+,29+,30+,31+,32+,33+,34+,35+,36+,37+,38+,39+,40-,41+,42+,43+,44+,45-,46+,47+,48+,49+,50+,51+,52+,53+,54+,55-,56-,57-,58-,59-,60+,61+,62+,63+,64-,65-,66+,67-,68+,69+,70-,71-,72-,73-,74-,75-,76-,77-,78+/m0/s1. The summed E-state index contributed by atoms with van der Waals surface area (Å²) in [6.45, 7) is -4.87. The molecule has 802 valence electrons. The highest BCUT2D eigenvalue weighted by Crippen LogP contribution is 2.42. The molecule has 11 heterocycles. The summed E-state index contributed by atoms with van der Waals surface area (Å²) >= 11 is 0. The third kappa shape index (κ3) is 25.8. The molecule has 0 aromatic heterocycles. The molecule has 0 radical (unpaired) electrons. The predicted molar refractivity (Wildman–Crippen MR) is 430 cm³/mol. The molecule has 61 nitrogen and oxygen atoms in total. The zero-order valence-electron chi connectivity index (χ0n) is 75.4. The van der Waals surface area contributed by atoms with Gasteiger partial charge in [0.1, 0.15) is 262 Å². The number of hydrogen-bond acceptors (Lipinski definition) is 55. The summed E-state index contributed by atoms with van der Waals surface area (Å²) in [6, 6.07) is -11.4. The van der Waals surface area contributed by atoms with Gasteiger partial charge in [-0.25, -0.2) is 0 Å². The van der Waals surface area contributed by atoms with Crippen molar-refractivity contribution in [2.24, 2.45) is 0 Å². The van der Waals surface area contributed by atoms with Crippen LogP contribution in [0.25, 0.3) is 0 Å². The zero-order valence-corrected chi connectivity index (χ0v) is 75.4. The summed E-state index contributed by atoms with van der Waals surface area (Å²) in [5.41, 5.74) is 0. The molecule has 11 aliphatic heterocycles. The van der Waals surface area contributed by atoms with E-state index in [1.807, 2.05) is 0 Å². The monoisotopic (exact) mass is 2030 g/mol.